The largest absolute Gasteiger partial charge is 0.417 e. The summed E-state index contributed by atoms with van der Waals surface area (Å²) in [7, 11) is 0. The molecule has 5 rings (SSSR count). The summed E-state index contributed by atoms with van der Waals surface area (Å²) in [4.78, 5) is 4.48. The van der Waals surface area contributed by atoms with Gasteiger partial charge in [-0.15, -0.1) is 10.2 Å². The number of benzene rings is 2. The first-order valence-electron chi connectivity index (χ1n) is 12.8. The molecule has 0 radical (unpaired) electrons. The lowest BCUT2D eigenvalue weighted by atomic mass is 10.1. The average Bonchev–Trinajstić information content (AvgIpc) is 3.71. The highest BCUT2D eigenvalue weighted by Gasteiger charge is 2.35. The van der Waals surface area contributed by atoms with E-state index in [4.69, 9.17) is 10.5 Å². The van der Waals surface area contributed by atoms with Crippen molar-refractivity contribution >= 4 is 0 Å². The van der Waals surface area contributed by atoms with Crippen LogP contribution < -0.4 is 5.32 Å². The van der Waals surface area contributed by atoms with Crippen LogP contribution in [0.4, 0.5) is 26.3 Å². The molecular formula is C28H18F6N10O. The van der Waals surface area contributed by atoms with Crippen LogP contribution in [-0.4, -0.2) is 46.6 Å². The van der Waals surface area contributed by atoms with Gasteiger partial charge in [-0.25, -0.2) is 14.3 Å². The Balaban J connectivity index is 1.56. The summed E-state index contributed by atoms with van der Waals surface area (Å²) in [5, 5.41) is 47.4. The Morgan fingerprint density at radius 2 is 1.20 bits per heavy atom. The number of hydrogen-bond donors (Lipinski definition) is 2. The van der Waals surface area contributed by atoms with Gasteiger partial charge < -0.3 is 5.11 Å². The number of aromatic nitrogens is 7. The molecule has 45 heavy (non-hydrogen) atoms. The van der Waals surface area contributed by atoms with Crippen molar-refractivity contribution in [2.24, 2.45) is 0 Å². The summed E-state index contributed by atoms with van der Waals surface area (Å²) in [6, 6.07) is 12.0. The number of aliphatic hydroxyl groups is 1. The van der Waals surface area contributed by atoms with Crippen LogP contribution in [0.3, 0.4) is 0 Å². The molecular weight excluding hydrogens is 606 g/mol. The highest BCUT2D eigenvalue weighted by Crippen LogP contribution is 2.35. The SMILES string of the molecule is CCNC(O)c1cc(-c2cn(-c3ccc(C#N)c(C(F)(F)F)c3)nn2)nc(-c2cn(-c3ccc(C#N)c(C(F)(F)F)c3)nn2)c1. The zero-order valence-electron chi connectivity index (χ0n) is 22.8. The van der Waals surface area contributed by atoms with Gasteiger partial charge in [-0.3, -0.25) is 5.32 Å². The van der Waals surface area contributed by atoms with E-state index < -0.39 is 40.8 Å². The third kappa shape index (κ3) is 6.35. The number of nitrogens with one attached hydrogen (secondary N) is 1. The maximum absolute atomic E-state index is 13.5. The molecule has 0 aliphatic heterocycles. The van der Waals surface area contributed by atoms with Gasteiger partial charge in [0.25, 0.3) is 0 Å². The molecule has 1 unspecified atom stereocenters. The van der Waals surface area contributed by atoms with E-state index in [0.29, 0.717) is 6.54 Å². The lowest BCUT2D eigenvalue weighted by Gasteiger charge is -2.13. The van der Waals surface area contributed by atoms with Crippen molar-refractivity contribution in [2.45, 2.75) is 25.5 Å². The second-order valence-electron chi connectivity index (χ2n) is 9.41. The van der Waals surface area contributed by atoms with Crippen LogP contribution in [0, 0.1) is 22.7 Å². The third-order valence-electron chi connectivity index (χ3n) is 6.46. The minimum absolute atomic E-state index is 0.0345. The molecule has 17 heteroatoms. The molecule has 0 spiro atoms. The van der Waals surface area contributed by atoms with E-state index in [1.54, 1.807) is 6.92 Å². The summed E-state index contributed by atoms with van der Waals surface area (Å²) in [6.07, 6.45) is -8.18. The van der Waals surface area contributed by atoms with E-state index >= 15 is 0 Å². The van der Waals surface area contributed by atoms with Gasteiger partial charge in [0, 0.05) is 0 Å². The molecule has 0 bridgehead atoms. The van der Waals surface area contributed by atoms with Crippen molar-refractivity contribution in [1.29, 1.82) is 10.5 Å². The number of nitriles is 2. The molecule has 0 amide bonds. The zero-order chi connectivity index (χ0) is 32.5. The summed E-state index contributed by atoms with van der Waals surface area (Å²) >= 11 is 0. The Morgan fingerprint density at radius 3 is 1.58 bits per heavy atom. The van der Waals surface area contributed by atoms with E-state index in [1.807, 2.05) is 0 Å². The first-order valence-corrected chi connectivity index (χ1v) is 12.8. The van der Waals surface area contributed by atoms with E-state index in [9.17, 15) is 31.4 Å². The van der Waals surface area contributed by atoms with Gasteiger partial charge in [0.15, 0.2) is 0 Å². The Labute approximate surface area is 249 Å². The number of alkyl halides is 6. The van der Waals surface area contributed by atoms with Crippen LogP contribution in [0.25, 0.3) is 34.2 Å². The minimum Gasteiger partial charge on any atom is -0.374 e. The van der Waals surface area contributed by atoms with Crippen molar-refractivity contribution in [1.82, 2.24) is 40.3 Å². The minimum atomic E-state index is -4.79. The van der Waals surface area contributed by atoms with Gasteiger partial charge in [0.05, 0.1) is 69.5 Å². The summed E-state index contributed by atoms with van der Waals surface area (Å²) in [5.74, 6) is 0. The predicted octanol–water partition coefficient (Wildman–Crippen LogP) is 4.96. The molecule has 228 valence electrons. The third-order valence-corrected chi connectivity index (χ3v) is 6.46. The van der Waals surface area contributed by atoms with Crippen molar-refractivity contribution in [3.8, 4) is 46.3 Å². The molecule has 0 aliphatic carbocycles. The predicted molar refractivity (Wildman–Crippen MR) is 143 cm³/mol. The van der Waals surface area contributed by atoms with Crippen LogP contribution in [-0.2, 0) is 12.4 Å². The van der Waals surface area contributed by atoms with Crippen LogP contribution >= 0.6 is 0 Å². The maximum atomic E-state index is 13.5. The topological polar surface area (TPSA) is 154 Å². The summed E-state index contributed by atoms with van der Waals surface area (Å²) in [6.45, 7) is 2.13. The molecule has 5 aromatic rings. The van der Waals surface area contributed by atoms with Gasteiger partial charge in [0.1, 0.15) is 17.6 Å². The second kappa shape index (κ2) is 11.8. The van der Waals surface area contributed by atoms with Crippen molar-refractivity contribution in [3.63, 3.8) is 0 Å². The van der Waals surface area contributed by atoms with E-state index in [1.165, 1.54) is 48.8 Å². The van der Waals surface area contributed by atoms with Gasteiger partial charge in [0.2, 0.25) is 0 Å². The molecule has 2 N–H and O–H groups in total. The number of pyridine rings is 1. The van der Waals surface area contributed by atoms with E-state index in [-0.39, 0.29) is 39.7 Å². The van der Waals surface area contributed by atoms with Gasteiger partial charge in [-0.2, -0.15) is 36.9 Å². The number of nitrogens with zero attached hydrogens (tertiary/aromatic N) is 9. The molecule has 11 nitrogen and oxygen atoms in total. The Morgan fingerprint density at radius 1 is 0.756 bits per heavy atom. The Kier molecular flexibility index (Phi) is 8.07. The Bertz CT molecular complexity index is 1830. The lowest BCUT2D eigenvalue weighted by Crippen LogP contribution is -2.20. The molecule has 0 saturated heterocycles. The normalized spacial score (nSPS) is 12.5. The molecule has 2 aromatic carbocycles. The second-order valence-corrected chi connectivity index (χ2v) is 9.41. The first kappa shape index (κ1) is 30.8. The quantitative estimate of drug-likeness (QED) is 0.189. The molecule has 0 aliphatic rings. The summed E-state index contributed by atoms with van der Waals surface area (Å²) in [5.41, 5.74) is -2.77. The fraction of sp³-hybridized carbons (Fsp3) is 0.179. The standard InChI is InChI=1S/C28H18F6N10O/c1-2-37-26(45)17-7-22(24-13-43(41-39-24)18-5-3-15(11-35)20(9-18)27(29,30)31)38-23(8-17)25-14-44(42-40-25)19-6-4-16(12-36)21(10-19)28(32,33)34/h3-10,13-14,26,37,45H,2H2,1H3. The number of rotatable bonds is 7. The van der Waals surface area contributed by atoms with Crippen LogP contribution in [0.2, 0.25) is 0 Å². The highest BCUT2D eigenvalue weighted by molar-refractivity contribution is 5.63. The highest BCUT2D eigenvalue weighted by atomic mass is 19.4. The van der Waals surface area contributed by atoms with Crippen LogP contribution in [0.5, 0.6) is 0 Å². The van der Waals surface area contributed by atoms with Crippen LogP contribution in [0.15, 0.2) is 60.9 Å². The van der Waals surface area contributed by atoms with Gasteiger partial charge in [-0.05, 0) is 60.6 Å². The average molecular weight is 625 g/mol. The zero-order valence-corrected chi connectivity index (χ0v) is 22.8. The fourth-order valence-electron chi connectivity index (χ4n) is 4.31. The number of halogens is 6. The molecule has 3 aromatic heterocycles. The van der Waals surface area contributed by atoms with E-state index in [0.717, 1.165) is 33.6 Å². The van der Waals surface area contributed by atoms with Crippen molar-refractivity contribution in [2.75, 3.05) is 6.54 Å². The smallest absolute Gasteiger partial charge is 0.374 e. The summed E-state index contributed by atoms with van der Waals surface area (Å²) < 4.78 is 83.1. The fourth-order valence-corrected chi connectivity index (χ4v) is 4.31. The molecule has 1 atom stereocenters. The number of aliphatic hydroxyl groups excluding tert-OH is 1. The van der Waals surface area contributed by atoms with Crippen molar-refractivity contribution < 1.29 is 31.4 Å². The first-order chi connectivity index (χ1) is 21.3. The van der Waals surface area contributed by atoms with E-state index in [2.05, 4.69) is 30.9 Å². The number of hydrogen-bond acceptors (Lipinski definition) is 9. The molecule has 0 saturated carbocycles. The maximum Gasteiger partial charge on any atom is 0.417 e. The van der Waals surface area contributed by atoms with Gasteiger partial charge in [-0.1, -0.05) is 17.4 Å². The van der Waals surface area contributed by atoms with Crippen molar-refractivity contribution in [3.05, 3.63) is 88.7 Å². The lowest BCUT2D eigenvalue weighted by molar-refractivity contribution is -0.138. The Hall–Kier alpha value is -5.65. The monoisotopic (exact) mass is 624 g/mol. The van der Waals surface area contributed by atoms with Gasteiger partial charge >= 0.3 is 12.4 Å². The molecule has 3 heterocycles. The molecule has 0 fully saturated rings. The van der Waals surface area contributed by atoms with Crippen LogP contribution in [0.1, 0.15) is 41.0 Å².